The lowest BCUT2D eigenvalue weighted by Gasteiger charge is -2.24. The van der Waals surface area contributed by atoms with Gasteiger partial charge >= 0.3 is 5.97 Å². The van der Waals surface area contributed by atoms with E-state index in [9.17, 15) is 19.5 Å². The van der Waals surface area contributed by atoms with Crippen LogP contribution < -0.4 is 10.6 Å². The number of aromatic nitrogens is 1. The maximum atomic E-state index is 13.6. The number of thiazole rings is 1. The van der Waals surface area contributed by atoms with Crippen molar-refractivity contribution < 1.29 is 19.5 Å². The summed E-state index contributed by atoms with van der Waals surface area (Å²) in [6.07, 6.45) is 4.34. The molecule has 0 bridgehead atoms. The molecule has 3 aromatic carbocycles. The van der Waals surface area contributed by atoms with E-state index in [0.717, 1.165) is 16.0 Å². The van der Waals surface area contributed by atoms with Gasteiger partial charge in [-0.05, 0) is 48.7 Å². The summed E-state index contributed by atoms with van der Waals surface area (Å²) in [6.45, 7) is 0. The summed E-state index contributed by atoms with van der Waals surface area (Å²) < 4.78 is 0. The van der Waals surface area contributed by atoms with Gasteiger partial charge in [0.15, 0.2) is 5.13 Å². The quantitative estimate of drug-likeness (QED) is 0.126. The summed E-state index contributed by atoms with van der Waals surface area (Å²) in [4.78, 5) is 43.6. The minimum atomic E-state index is -0.982. The van der Waals surface area contributed by atoms with Crippen molar-refractivity contribution in [2.75, 3.05) is 10.6 Å². The third-order valence-electron chi connectivity index (χ3n) is 6.73. The molecule has 214 valence electrons. The maximum Gasteiger partial charge on any atom is 0.307 e. The van der Waals surface area contributed by atoms with Crippen LogP contribution in [0.5, 0.6) is 0 Å². The van der Waals surface area contributed by atoms with E-state index in [1.807, 2.05) is 53.9 Å². The summed E-state index contributed by atoms with van der Waals surface area (Å²) in [5.74, 6) is -2.99. The van der Waals surface area contributed by atoms with E-state index in [4.69, 9.17) is 23.2 Å². The van der Waals surface area contributed by atoms with Crippen LogP contribution in [0.25, 0.3) is 11.3 Å². The van der Waals surface area contributed by atoms with E-state index in [1.165, 1.54) is 23.1 Å². The minimum absolute atomic E-state index is 0.256. The molecule has 1 aromatic heterocycles. The fourth-order valence-corrected chi connectivity index (χ4v) is 6.69. The van der Waals surface area contributed by atoms with Crippen LogP contribution in [-0.4, -0.2) is 27.9 Å². The number of thioether (sulfide) groups is 1. The lowest BCUT2D eigenvalue weighted by molar-refractivity contribution is -0.146. The summed E-state index contributed by atoms with van der Waals surface area (Å²) in [5, 5.41) is 17.9. The van der Waals surface area contributed by atoms with Crippen LogP contribution in [0.3, 0.4) is 0 Å². The third kappa shape index (κ3) is 7.22. The zero-order chi connectivity index (χ0) is 29.6. The molecule has 1 aliphatic carbocycles. The fraction of sp³-hybridized carbons (Fsp3) is 0.161. The maximum absolute atomic E-state index is 13.6. The number of rotatable bonds is 9. The smallest absolute Gasteiger partial charge is 0.307 e. The largest absolute Gasteiger partial charge is 0.481 e. The summed E-state index contributed by atoms with van der Waals surface area (Å²) in [7, 11) is 0. The van der Waals surface area contributed by atoms with Crippen LogP contribution in [0.2, 0.25) is 10.0 Å². The van der Waals surface area contributed by atoms with Crippen molar-refractivity contribution >= 4 is 74.9 Å². The number of carboxylic acid groups (broad SMARTS) is 1. The summed E-state index contributed by atoms with van der Waals surface area (Å²) in [5.41, 5.74) is 2.78. The first-order valence-electron chi connectivity index (χ1n) is 13.0. The van der Waals surface area contributed by atoms with Gasteiger partial charge in [-0.1, -0.05) is 77.8 Å². The molecule has 11 heteroatoms. The van der Waals surface area contributed by atoms with Gasteiger partial charge in [-0.2, -0.15) is 0 Å². The highest BCUT2D eigenvalue weighted by Gasteiger charge is 2.34. The number of benzene rings is 3. The molecular weight excluding hydrogens is 613 g/mol. The van der Waals surface area contributed by atoms with E-state index < -0.39 is 23.1 Å². The van der Waals surface area contributed by atoms with Crippen LogP contribution >= 0.6 is 46.3 Å². The first kappa shape index (κ1) is 29.8. The number of aliphatic carboxylic acids is 1. The van der Waals surface area contributed by atoms with E-state index >= 15 is 0 Å². The van der Waals surface area contributed by atoms with Gasteiger partial charge in [-0.3, -0.25) is 14.4 Å². The van der Waals surface area contributed by atoms with Gasteiger partial charge < -0.3 is 15.7 Å². The van der Waals surface area contributed by atoms with Gasteiger partial charge in [0.1, 0.15) is 5.25 Å². The molecule has 0 saturated carbocycles. The zero-order valence-corrected chi connectivity index (χ0v) is 25.1. The lowest BCUT2D eigenvalue weighted by Crippen LogP contribution is -2.34. The fourth-order valence-electron chi connectivity index (χ4n) is 4.59. The van der Waals surface area contributed by atoms with Crippen molar-refractivity contribution in [2.24, 2.45) is 11.8 Å². The lowest BCUT2D eigenvalue weighted by atomic mass is 9.82. The zero-order valence-electron chi connectivity index (χ0n) is 22.0. The molecule has 4 aromatic rings. The van der Waals surface area contributed by atoms with Crippen LogP contribution in [0.4, 0.5) is 10.8 Å². The second-order valence-electron chi connectivity index (χ2n) is 9.58. The van der Waals surface area contributed by atoms with Crippen molar-refractivity contribution in [3.63, 3.8) is 0 Å². The van der Waals surface area contributed by atoms with Crippen LogP contribution in [0, 0.1) is 11.8 Å². The molecule has 1 heterocycles. The number of carbonyl (C=O) groups excluding carboxylic acids is 2. The Balaban J connectivity index is 1.32. The number of hydrogen-bond acceptors (Lipinski definition) is 6. The number of carboxylic acids is 1. The SMILES string of the molecule is O=C(Nc1nc(-c2ccc(Cl)c(Cl)c2)cs1)C(Sc1cccc(NC(=O)C2CC=CCC2C(=O)O)c1)c1ccccc1. The van der Waals surface area contributed by atoms with E-state index in [-0.39, 0.29) is 11.8 Å². The van der Waals surface area contributed by atoms with Crippen molar-refractivity contribution in [2.45, 2.75) is 23.0 Å². The van der Waals surface area contributed by atoms with Crippen molar-refractivity contribution in [1.82, 2.24) is 4.98 Å². The van der Waals surface area contributed by atoms with Crippen molar-refractivity contribution in [1.29, 1.82) is 0 Å². The van der Waals surface area contributed by atoms with Crippen LogP contribution in [0.15, 0.2) is 95.2 Å². The standard InChI is InChI=1S/C31H25Cl2N3O4S2/c32-24-14-13-19(15-25(24)33)26-17-41-31(35-26)36-29(38)27(18-7-2-1-3-8-18)42-21-10-6-9-20(16-21)34-28(37)22-11-4-5-12-23(22)30(39)40/h1-10,13-17,22-23,27H,11-12H2,(H,34,37)(H,39,40)(H,35,36,38). The Hall–Kier alpha value is -3.63. The molecule has 3 N–H and O–H groups in total. The van der Waals surface area contributed by atoms with Gasteiger partial charge in [-0.15, -0.1) is 23.1 Å². The summed E-state index contributed by atoms with van der Waals surface area (Å²) >= 11 is 14.8. The van der Waals surface area contributed by atoms with Crippen molar-refractivity contribution in [3.8, 4) is 11.3 Å². The number of nitrogens with one attached hydrogen (secondary N) is 2. The first-order valence-corrected chi connectivity index (χ1v) is 15.5. The van der Waals surface area contributed by atoms with Crippen LogP contribution in [0.1, 0.15) is 23.7 Å². The molecule has 0 aliphatic heterocycles. The second-order valence-corrected chi connectivity index (χ2v) is 12.4. The topological polar surface area (TPSA) is 108 Å². The molecule has 2 amide bonds. The molecule has 0 saturated heterocycles. The van der Waals surface area contributed by atoms with E-state index in [0.29, 0.717) is 39.4 Å². The molecular formula is C31H25Cl2N3O4S2. The highest BCUT2D eigenvalue weighted by atomic mass is 35.5. The number of nitrogens with zero attached hydrogens (tertiary/aromatic N) is 1. The highest BCUT2D eigenvalue weighted by molar-refractivity contribution is 8.00. The van der Waals surface area contributed by atoms with Gasteiger partial charge in [0, 0.05) is 21.5 Å². The first-order chi connectivity index (χ1) is 20.3. The highest BCUT2D eigenvalue weighted by Crippen LogP contribution is 2.38. The molecule has 42 heavy (non-hydrogen) atoms. The Morgan fingerprint density at radius 1 is 0.905 bits per heavy atom. The molecule has 0 spiro atoms. The van der Waals surface area contributed by atoms with Gasteiger partial charge in [-0.25, -0.2) is 4.98 Å². The predicted octanol–water partition coefficient (Wildman–Crippen LogP) is 8.19. The molecule has 5 rings (SSSR count). The monoisotopic (exact) mass is 637 g/mol. The number of allylic oxidation sites excluding steroid dienone is 2. The predicted molar refractivity (Wildman–Crippen MR) is 169 cm³/mol. The number of hydrogen-bond donors (Lipinski definition) is 3. The number of carbonyl (C=O) groups is 3. The molecule has 0 fully saturated rings. The Bertz CT molecular complexity index is 1640. The number of anilines is 2. The second kappa shape index (κ2) is 13.6. The summed E-state index contributed by atoms with van der Waals surface area (Å²) in [6, 6.07) is 21.8. The number of halogens is 2. The average Bonchev–Trinajstić information content (AvgIpc) is 3.46. The average molecular weight is 639 g/mol. The molecule has 3 unspecified atom stereocenters. The third-order valence-corrected chi connectivity index (χ3v) is 9.48. The van der Waals surface area contributed by atoms with Gasteiger partial charge in [0.05, 0.1) is 27.6 Å². The minimum Gasteiger partial charge on any atom is -0.481 e. The van der Waals surface area contributed by atoms with E-state index in [2.05, 4.69) is 15.6 Å². The Labute approximate surface area is 261 Å². The Morgan fingerprint density at radius 3 is 2.40 bits per heavy atom. The molecule has 7 nitrogen and oxygen atoms in total. The molecule has 3 atom stereocenters. The molecule has 0 radical (unpaired) electrons. The van der Waals surface area contributed by atoms with Gasteiger partial charge in [0.2, 0.25) is 11.8 Å². The Morgan fingerprint density at radius 2 is 1.67 bits per heavy atom. The number of amides is 2. The van der Waals surface area contributed by atoms with Gasteiger partial charge in [0.25, 0.3) is 0 Å². The van der Waals surface area contributed by atoms with E-state index in [1.54, 1.807) is 36.4 Å². The molecule has 1 aliphatic rings. The normalized spacial score (nSPS) is 16.9. The Kier molecular flexibility index (Phi) is 9.64. The van der Waals surface area contributed by atoms with Crippen LogP contribution in [-0.2, 0) is 14.4 Å². The van der Waals surface area contributed by atoms with Crippen molar-refractivity contribution in [3.05, 3.63) is 106 Å².